The molecule has 0 saturated carbocycles. The maximum atomic E-state index is 12.9. The second kappa shape index (κ2) is 6.57. The summed E-state index contributed by atoms with van der Waals surface area (Å²) < 4.78 is 36.6. The van der Waals surface area contributed by atoms with Crippen LogP contribution in [0.1, 0.15) is 12.5 Å². The van der Waals surface area contributed by atoms with Gasteiger partial charge in [-0.05, 0) is 23.3 Å². The Balaban J connectivity index is 1.85. The summed E-state index contributed by atoms with van der Waals surface area (Å²) >= 11 is 0. The van der Waals surface area contributed by atoms with E-state index in [0.29, 0.717) is 10.5 Å². The molecule has 1 atom stereocenters. The molecule has 1 heterocycles. The van der Waals surface area contributed by atoms with Crippen molar-refractivity contribution in [3.63, 3.8) is 0 Å². The zero-order valence-corrected chi connectivity index (χ0v) is 14.3. The van der Waals surface area contributed by atoms with Crippen LogP contribution in [0.5, 0.6) is 0 Å². The zero-order valence-electron chi connectivity index (χ0n) is 14.3. The van der Waals surface area contributed by atoms with E-state index in [1.54, 1.807) is 29.6 Å². The Morgan fingerprint density at radius 2 is 1.81 bits per heavy atom. The third kappa shape index (κ3) is 3.57. The van der Waals surface area contributed by atoms with Crippen molar-refractivity contribution in [2.45, 2.75) is 18.6 Å². The van der Waals surface area contributed by atoms with Crippen LogP contribution in [0.3, 0.4) is 0 Å². The van der Waals surface area contributed by atoms with Crippen molar-refractivity contribution < 1.29 is 27.6 Å². The van der Waals surface area contributed by atoms with E-state index in [0.717, 1.165) is 10.8 Å². The zero-order chi connectivity index (χ0) is 19.8. The van der Waals surface area contributed by atoms with Gasteiger partial charge < -0.3 is 10.6 Å². The first-order chi connectivity index (χ1) is 12.6. The SMILES string of the molecule is CC1(c2cccc3ccccc23)NC(=O)N(CC(=O)NCC(F)(F)F)C1=O. The highest BCUT2D eigenvalue weighted by molar-refractivity contribution is 6.10. The fourth-order valence-electron chi connectivity index (χ4n) is 3.08. The number of carbonyl (C=O) groups is 3. The van der Waals surface area contributed by atoms with E-state index in [4.69, 9.17) is 0 Å². The number of hydrogen-bond donors (Lipinski definition) is 2. The summed E-state index contributed by atoms with van der Waals surface area (Å²) in [7, 11) is 0. The van der Waals surface area contributed by atoms with Gasteiger partial charge in [-0.1, -0.05) is 42.5 Å². The molecule has 27 heavy (non-hydrogen) atoms. The van der Waals surface area contributed by atoms with Crippen LogP contribution in [0, 0.1) is 0 Å². The first-order valence-corrected chi connectivity index (χ1v) is 8.07. The number of hydrogen-bond acceptors (Lipinski definition) is 3. The van der Waals surface area contributed by atoms with E-state index in [-0.39, 0.29) is 0 Å². The van der Waals surface area contributed by atoms with E-state index in [2.05, 4.69) is 5.32 Å². The van der Waals surface area contributed by atoms with Crippen molar-refractivity contribution in [2.24, 2.45) is 0 Å². The topological polar surface area (TPSA) is 78.5 Å². The number of rotatable bonds is 4. The molecule has 2 aromatic carbocycles. The number of imide groups is 1. The molecule has 1 fully saturated rings. The number of amides is 4. The van der Waals surface area contributed by atoms with Crippen LogP contribution >= 0.6 is 0 Å². The van der Waals surface area contributed by atoms with Gasteiger partial charge in [0.25, 0.3) is 5.91 Å². The summed E-state index contributed by atoms with van der Waals surface area (Å²) in [6.45, 7) is -0.820. The van der Waals surface area contributed by atoms with Crippen molar-refractivity contribution in [3.8, 4) is 0 Å². The Hall–Kier alpha value is -3.10. The fourth-order valence-corrected chi connectivity index (χ4v) is 3.08. The molecule has 0 bridgehead atoms. The van der Waals surface area contributed by atoms with E-state index in [1.807, 2.05) is 18.2 Å². The van der Waals surface area contributed by atoms with Crippen molar-refractivity contribution in [1.82, 2.24) is 15.5 Å². The van der Waals surface area contributed by atoms with E-state index in [9.17, 15) is 27.6 Å². The van der Waals surface area contributed by atoms with Gasteiger partial charge in [0.2, 0.25) is 5.91 Å². The Kier molecular flexibility index (Phi) is 4.54. The maximum Gasteiger partial charge on any atom is 0.405 e. The molecule has 6 nitrogen and oxygen atoms in total. The van der Waals surface area contributed by atoms with Crippen molar-refractivity contribution in [2.75, 3.05) is 13.1 Å². The molecule has 0 spiro atoms. The number of alkyl halides is 3. The van der Waals surface area contributed by atoms with Gasteiger partial charge in [0.1, 0.15) is 18.6 Å². The average molecular weight is 379 g/mol. The number of nitrogens with one attached hydrogen (secondary N) is 2. The van der Waals surface area contributed by atoms with Crippen LogP contribution in [-0.4, -0.2) is 42.0 Å². The van der Waals surface area contributed by atoms with Gasteiger partial charge in [-0.25, -0.2) is 4.79 Å². The Bertz CT molecular complexity index is 923. The van der Waals surface area contributed by atoms with Gasteiger partial charge in [0.15, 0.2) is 0 Å². The quantitative estimate of drug-likeness (QED) is 0.800. The van der Waals surface area contributed by atoms with Crippen LogP contribution in [0.15, 0.2) is 42.5 Å². The number of halogens is 3. The van der Waals surface area contributed by atoms with Gasteiger partial charge >= 0.3 is 12.2 Å². The summed E-state index contributed by atoms with van der Waals surface area (Å²) in [5, 5.41) is 5.81. The minimum Gasteiger partial charge on any atom is -0.345 e. The molecule has 2 N–H and O–H groups in total. The van der Waals surface area contributed by atoms with Crippen LogP contribution in [-0.2, 0) is 15.1 Å². The first kappa shape index (κ1) is 18.7. The highest BCUT2D eigenvalue weighted by atomic mass is 19.4. The van der Waals surface area contributed by atoms with E-state index < -0.39 is 42.7 Å². The molecule has 3 rings (SSSR count). The molecule has 2 aromatic rings. The normalized spacial score (nSPS) is 20.1. The van der Waals surface area contributed by atoms with Crippen LogP contribution in [0.25, 0.3) is 10.8 Å². The molecular formula is C18H16F3N3O3. The highest BCUT2D eigenvalue weighted by Crippen LogP contribution is 2.33. The predicted molar refractivity (Wildman–Crippen MR) is 90.6 cm³/mol. The summed E-state index contributed by atoms with van der Waals surface area (Å²) in [6, 6.07) is 11.7. The summed E-state index contributed by atoms with van der Waals surface area (Å²) in [4.78, 5) is 37.4. The minimum absolute atomic E-state index is 0.539. The Labute approximate surface area is 152 Å². The Morgan fingerprint density at radius 1 is 1.15 bits per heavy atom. The second-order valence-corrected chi connectivity index (χ2v) is 6.37. The molecule has 0 radical (unpaired) electrons. The molecule has 0 aliphatic carbocycles. The summed E-state index contributed by atoms with van der Waals surface area (Å²) in [5.74, 6) is -1.77. The lowest BCUT2D eigenvalue weighted by Crippen LogP contribution is -2.44. The molecule has 1 aliphatic heterocycles. The van der Waals surface area contributed by atoms with Crippen molar-refractivity contribution >= 4 is 28.6 Å². The van der Waals surface area contributed by atoms with E-state index >= 15 is 0 Å². The average Bonchev–Trinajstić information content (AvgIpc) is 2.83. The van der Waals surface area contributed by atoms with Crippen LogP contribution in [0.4, 0.5) is 18.0 Å². The van der Waals surface area contributed by atoms with Gasteiger partial charge in [-0.2, -0.15) is 13.2 Å². The highest BCUT2D eigenvalue weighted by Gasteiger charge is 2.50. The van der Waals surface area contributed by atoms with Gasteiger partial charge in [0, 0.05) is 0 Å². The molecule has 1 saturated heterocycles. The minimum atomic E-state index is -4.58. The summed E-state index contributed by atoms with van der Waals surface area (Å²) in [6.07, 6.45) is -4.58. The largest absolute Gasteiger partial charge is 0.405 e. The van der Waals surface area contributed by atoms with Gasteiger partial charge in [-0.15, -0.1) is 0 Å². The molecule has 4 amide bonds. The number of carbonyl (C=O) groups excluding carboxylic acids is 3. The van der Waals surface area contributed by atoms with Crippen LogP contribution < -0.4 is 10.6 Å². The monoisotopic (exact) mass is 379 g/mol. The number of nitrogens with zero attached hydrogens (tertiary/aromatic N) is 1. The maximum absolute atomic E-state index is 12.9. The molecule has 1 unspecified atom stereocenters. The Morgan fingerprint density at radius 3 is 2.52 bits per heavy atom. The summed E-state index contributed by atoms with van der Waals surface area (Å²) in [5.41, 5.74) is -0.889. The smallest absolute Gasteiger partial charge is 0.345 e. The molecule has 1 aliphatic rings. The fraction of sp³-hybridized carbons (Fsp3) is 0.278. The van der Waals surface area contributed by atoms with Crippen molar-refractivity contribution in [3.05, 3.63) is 48.0 Å². The molecular weight excluding hydrogens is 363 g/mol. The first-order valence-electron chi connectivity index (χ1n) is 8.07. The number of benzene rings is 2. The van der Waals surface area contributed by atoms with Crippen LogP contribution in [0.2, 0.25) is 0 Å². The van der Waals surface area contributed by atoms with Gasteiger partial charge in [-0.3, -0.25) is 14.5 Å². The number of urea groups is 1. The molecule has 9 heteroatoms. The van der Waals surface area contributed by atoms with E-state index in [1.165, 1.54) is 6.92 Å². The number of fused-ring (bicyclic) bond motifs is 1. The second-order valence-electron chi connectivity index (χ2n) is 6.37. The predicted octanol–water partition coefficient (Wildman–Crippen LogP) is 2.29. The molecule has 142 valence electrons. The standard InChI is InChI=1S/C18H16F3N3O3/c1-17(13-8-4-6-11-5-2-3-7-12(11)13)15(26)24(16(27)23-17)9-14(25)22-10-18(19,20)21/h2-8H,9-10H2,1H3,(H,22,25)(H,23,27). The lowest BCUT2D eigenvalue weighted by molar-refractivity contribution is -0.141. The lowest BCUT2D eigenvalue weighted by Gasteiger charge is -2.24. The third-order valence-corrected chi connectivity index (χ3v) is 4.39. The van der Waals surface area contributed by atoms with Crippen molar-refractivity contribution in [1.29, 1.82) is 0 Å². The third-order valence-electron chi connectivity index (χ3n) is 4.39. The van der Waals surface area contributed by atoms with Gasteiger partial charge in [0.05, 0.1) is 0 Å². The lowest BCUT2D eigenvalue weighted by atomic mass is 9.88. The molecule has 0 aromatic heterocycles.